The number of aryl methyl sites for hydroxylation is 1. The lowest BCUT2D eigenvalue weighted by Gasteiger charge is -2.16. The molecule has 124 valence electrons. The molecule has 2 aromatic carbocycles. The molecule has 1 fully saturated rings. The molecular weight excluding hydrogens is 320 g/mol. The Kier molecular flexibility index (Phi) is 4.90. The van der Waals surface area contributed by atoms with Crippen molar-refractivity contribution in [3.05, 3.63) is 59.7 Å². The summed E-state index contributed by atoms with van der Waals surface area (Å²) in [4.78, 5) is 19.4. The van der Waals surface area contributed by atoms with Crippen LogP contribution in [0.1, 0.15) is 22.8 Å². The molecule has 1 heterocycles. The van der Waals surface area contributed by atoms with E-state index < -0.39 is 0 Å². The highest BCUT2D eigenvalue weighted by atomic mass is 32.2. The Labute approximate surface area is 146 Å². The van der Waals surface area contributed by atoms with E-state index in [1.165, 1.54) is 0 Å². The van der Waals surface area contributed by atoms with Gasteiger partial charge in [-0.05, 0) is 42.8 Å². The zero-order valence-electron chi connectivity index (χ0n) is 14.0. The third-order valence-electron chi connectivity index (χ3n) is 3.77. The van der Waals surface area contributed by atoms with E-state index in [0.717, 1.165) is 16.4 Å². The number of carbonyl (C=O) groups excluding carboxylic acids is 1. The van der Waals surface area contributed by atoms with Crippen LogP contribution in [0.3, 0.4) is 0 Å². The molecule has 0 aromatic heterocycles. The summed E-state index contributed by atoms with van der Waals surface area (Å²) in [6.45, 7) is 4.80. The number of amidine groups is 1. The van der Waals surface area contributed by atoms with Gasteiger partial charge in [0.15, 0.2) is 5.17 Å². The first-order valence-electron chi connectivity index (χ1n) is 7.85. The van der Waals surface area contributed by atoms with Crippen molar-refractivity contribution >= 4 is 28.5 Å². The highest BCUT2D eigenvalue weighted by molar-refractivity contribution is 8.14. The van der Waals surface area contributed by atoms with Crippen LogP contribution >= 0.6 is 11.8 Å². The largest absolute Gasteiger partial charge is 0.497 e. The Morgan fingerprint density at radius 2 is 2.04 bits per heavy atom. The number of nitrogens with zero attached hydrogens (tertiary/aromatic N) is 2. The van der Waals surface area contributed by atoms with Gasteiger partial charge in [0.25, 0.3) is 5.91 Å². The van der Waals surface area contributed by atoms with E-state index in [1.807, 2.05) is 49.4 Å². The highest BCUT2D eigenvalue weighted by Crippen LogP contribution is 2.30. The van der Waals surface area contributed by atoms with Crippen molar-refractivity contribution in [3.63, 3.8) is 0 Å². The Hall–Kier alpha value is -2.27. The van der Waals surface area contributed by atoms with Crippen LogP contribution in [0.4, 0.5) is 5.69 Å². The molecule has 1 aliphatic rings. The third kappa shape index (κ3) is 3.62. The van der Waals surface area contributed by atoms with E-state index in [0.29, 0.717) is 23.1 Å². The van der Waals surface area contributed by atoms with Gasteiger partial charge in [0.2, 0.25) is 0 Å². The molecule has 0 radical (unpaired) electrons. The van der Waals surface area contributed by atoms with Gasteiger partial charge < -0.3 is 4.74 Å². The van der Waals surface area contributed by atoms with Crippen LogP contribution in [0.5, 0.6) is 5.75 Å². The maximum Gasteiger partial charge on any atom is 0.260 e. The summed E-state index contributed by atoms with van der Waals surface area (Å²) >= 11 is 1.63. The van der Waals surface area contributed by atoms with Crippen molar-refractivity contribution < 1.29 is 9.53 Å². The first-order valence-corrected chi connectivity index (χ1v) is 8.72. The van der Waals surface area contributed by atoms with Crippen molar-refractivity contribution in [2.75, 3.05) is 13.7 Å². The number of hydrogen-bond acceptors (Lipinski definition) is 4. The van der Waals surface area contributed by atoms with E-state index >= 15 is 0 Å². The van der Waals surface area contributed by atoms with Crippen LogP contribution in [-0.2, 0) is 0 Å². The molecule has 0 spiro atoms. The van der Waals surface area contributed by atoms with E-state index in [9.17, 15) is 4.79 Å². The molecule has 0 N–H and O–H groups in total. The summed E-state index contributed by atoms with van der Waals surface area (Å²) in [5, 5.41) is 1.07. The molecule has 1 amide bonds. The molecule has 1 atom stereocenters. The monoisotopic (exact) mass is 340 g/mol. The summed E-state index contributed by atoms with van der Waals surface area (Å²) < 4.78 is 5.22. The van der Waals surface area contributed by atoms with Gasteiger partial charge in [0, 0.05) is 17.4 Å². The van der Waals surface area contributed by atoms with Crippen LogP contribution in [0.15, 0.2) is 53.5 Å². The fourth-order valence-corrected chi connectivity index (χ4v) is 3.62. The van der Waals surface area contributed by atoms with Gasteiger partial charge in [-0.1, -0.05) is 36.9 Å². The van der Waals surface area contributed by atoms with Crippen molar-refractivity contribution in [1.29, 1.82) is 0 Å². The Balaban J connectivity index is 1.91. The van der Waals surface area contributed by atoms with E-state index in [2.05, 4.69) is 6.92 Å². The minimum Gasteiger partial charge on any atom is -0.497 e. The van der Waals surface area contributed by atoms with Crippen molar-refractivity contribution in [1.82, 2.24) is 4.90 Å². The molecule has 0 bridgehead atoms. The summed E-state index contributed by atoms with van der Waals surface area (Å²) in [5.41, 5.74) is 2.63. The SMILES string of the molecule is COc1cccc(C(=O)N2C[C@@H](C)SC2=Nc2cccc(C)c2)c1. The number of thioether (sulfide) groups is 1. The number of methoxy groups -OCH3 is 1. The minimum absolute atomic E-state index is 0.0443. The van der Waals surface area contributed by atoms with E-state index in [-0.39, 0.29) is 5.91 Å². The molecule has 0 unspecified atom stereocenters. The molecular formula is C19H20N2O2S. The molecule has 0 saturated carbocycles. The van der Waals surface area contributed by atoms with Crippen molar-refractivity contribution in [2.24, 2.45) is 4.99 Å². The smallest absolute Gasteiger partial charge is 0.260 e. The fourth-order valence-electron chi connectivity index (χ4n) is 2.59. The molecule has 0 aliphatic carbocycles. The number of benzene rings is 2. The molecule has 2 aromatic rings. The van der Waals surface area contributed by atoms with Crippen LogP contribution in [-0.4, -0.2) is 34.9 Å². The maximum atomic E-state index is 12.9. The van der Waals surface area contributed by atoms with Crippen LogP contribution in [0.25, 0.3) is 0 Å². The normalized spacial score (nSPS) is 18.9. The van der Waals surface area contributed by atoms with Crippen molar-refractivity contribution in [3.8, 4) is 5.75 Å². The Morgan fingerprint density at radius 1 is 1.25 bits per heavy atom. The minimum atomic E-state index is -0.0443. The van der Waals surface area contributed by atoms with Gasteiger partial charge in [-0.15, -0.1) is 0 Å². The lowest BCUT2D eigenvalue weighted by molar-refractivity contribution is 0.0855. The van der Waals surface area contributed by atoms with E-state index in [4.69, 9.17) is 9.73 Å². The summed E-state index contributed by atoms with van der Waals surface area (Å²) in [6.07, 6.45) is 0. The Morgan fingerprint density at radius 3 is 2.79 bits per heavy atom. The number of hydrogen-bond donors (Lipinski definition) is 0. The van der Waals surface area contributed by atoms with Gasteiger partial charge in [-0.25, -0.2) is 4.99 Å². The molecule has 5 heteroatoms. The lowest BCUT2D eigenvalue weighted by Crippen LogP contribution is -2.32. The topological polar surface area (TPSA) is 41.9 Å². The zero-order valence-corrected chi connectivity index (χ0v) is 14.8. The van der Waals surface area contributed by atoms with Crippen LogP contribution in [0, 0.1) is 6.92 Å². The van der Waals surface area contributed by atoms with Crippen molar-refractivity contribution in [2.45, 2.75) is 19.1 Å². The molecule has 1 aliphatic heterocycles. The molecule has 24 heavy (non-hydrogen) atoms. The number of rotatable bonds is 3. The van der Waals surface area contributed by atoms with Crippen LogP contribution in [0.2, 0.25) is 0 Å². The number of amides is 1. The number of aliphatic imine (C=N–C) groups is 1. The summed E-state index contributed by atoms with van der Waals surface area (Å²) in [5.74, 6) is 0.634. The second-order valence-electron chi connectivity index (χ2n) is 5.81. The summed E-state index contributed by atoms with van der Waals surface area (Å²) in [6, 6.07) is 15.2. The van der Waals surface area contributed by atoms with Gasteiger partial charge in [0.1, 0.15) is 5.75 Å². The van der Waals surface area contributed by atoms with Gasteiger partial charge in [-0.3, -0.25) is 9.69 Å². The quantitative estimate of drug-likeness (QED) is 0.838. The van der Waals surface area contributed by atoms with E-state index in [1.54, 1.807) is 29.8 Å². The van der Waals surface area contributed by atoms with Crippen LogP contribution < -0.4 is 4.74 Å². The fraction of sp³-hybridized carbons (Fsp3) is 0.263. The average Bonchev–Trinajstić information content (AvgIpc) is 2.94. The number of carbonyl (C=O) groups is 1. The lowest BCUT2D eigenvalue weighted by atomic mass is 10.2. The van der Waals surface area contributed by atoms with Gasteiger partial charge in [-0.2, -0.15) is 0 Å². The second kappa shape index (κ2) is 7.09. The third-order valence-corrected chi connectivity index (χ3v) is 4.84. The Bertz CT molecular complexity index is 788. The zero-order chi connectivity index (χ0) is 17.1. The van der Waals surface area contributed by atoms with Gasteiger partial charge >= 0.3 is 0 Å². The molecule has 3 rings (SSSR count). The highest BCUT2D eigenvalue weighted by Gasteiger charge is 2.31. The molecule has 4 nitrogen and oxygen atoms in total. The maximum absolute atomic E-state index is 12.9. The first-order chi connectivity index (χ1) is 11.6. The van der Waals surface area contributed by atoms with Gasteiger partial charge in [0.05, 0.1) is 12.8 Å². The second-order valence-corrected chi connectivity index (χ2v) is 7.22. The number of ether oxygens (including phenoxy) is 1. The first kappa shape index (κ1) is 16.6. The summed E-state index contributed by atoms with van der Waals surface area (Å²) in [7, 11) is 1.60. The standard InChI is InChI=1S/C19H20N2O2S/c1-13-6-4-8-16(10-13)20-19-21(12-14(2)24-19)18(22)15-7-5-9-17(11-15)23-3/h4-11,14H,12H2,1-3H3/t14-/m1/s1. The molecule has 1 saturated heterocycles. The predicted octanol–water partition coefficient (Wildman–Crippen LogP) is 4.27. The average molecular weight is 340 g/mol. The predicted molar refractivity (Wildman–Crippen MR) is 99.4 cm³/mol.